The number of para-hydroxylation sites is 1. The zero-order valence-corrected chi connectivity index (χ0v) is 12.1. The number of benzene rings is 2. The summed E-state index contributed by atoms with van der Waals surface area (Å²) in [5, 5.41) is 13.8. The lowest BCUT2D eigenvalue weighted by molar-refractivity contribution is -0.385. The van der Waals surface area contributed by atoms with Gasteiger partial charge in [0.15, 0.2) is 0 Å². The van der Waals surface area contributed by atoms with E-state index in [1.54, 1.807) is 18.2 Å². The Morgan fingerprint density at radius 3 is 2.55 bits per heavy atom. The third-order valence-corrected chi connectivity index (χ3v) is 4.47. The van der Waals surface area contributed by atoms with Gasteiger partial charge in [-0.15, -0.1) is 0 Å². The van der Waals surface area contributed by atoms with Crippen molar-refractivity contribution in [3.63, 3.8) is 0 Å². The molecule has 0 spiro atoms. The summed E-state index contributed by atoms with van der Waals surface area (Å²) in [6.07, 6.45) is -4.72. The van der Waals surface area contributed by atoms with Crippen molar-refractivity contribution >= 4 is 40.4 Å². The number of rotatable bonds is 1. The fraction of sp³-hybridized carbons (Fsp3) is 0.0769. The van der Waals surface area contributed by atoms with Crippen LogP contribution in [0.2, 0.25) is 5.02 Å². The Labute approximate surface area is 131 Å². The molecular weight excluding hydrogens is 341 g/mol. The Hall–Kier alpha value is -1.93. The fourth-order valence-electron chi connectivity index (χ4n) is 2.09. The molecule has 4 nitrogen and oxygen atoms in total. The molecule has 1 aliphatic rings. The van der Waals surface area contributed by atoms with Gasteiger partial charge in [-0.3, -0.25) is 10.1 Å². The number of nitrogens with one attached hydrogen (secondary N) is 1. The van der Waals surface area contributed by atoms with Gasteiger partial charge in [-0.25, -0.2) is 0 Å². The number of nitro benzene ring substituents is 1. The molecule has 1 heterocycles. The summed E-state index contributed by atoms with van der Waals surface area (Å²) < 4.78 is 39.6. The highest BCUT2D eigenvalue weighted by molar-refractivity contribution is 7.99. The molecule has 0 aromatic heterocycles. The van der Waals surface area contributed by atoms with E-state index in [2.05, 4.69) is 5.32 Å². The van der Waals surface area contributed by atoms with E-state index in [0.717, 1.165) is 17.8 Å². The molecule has 0 amide bonds. The van der Waals surface area contributed by atoms with Crippen LogP contribution in [0.4, 0.5) is 30.2 Å². The van der Waals surface area contributed by atoms with E-state index in [-0.39, 0.29) is 15.6 Å². The van der Waals surface area contributed by atoms with E-state index in [9.17, 15) is 23.3 Å². The third-order valence-electron chi connectivity index (χ3n) is 3.05. The molecule has 0 aliphatic carbocycles. The maximum atomic E-state index is 13.2. The van der Waals surface area contributed by atoms with Crippen LogP contribution in [-0.2, 0) is 6.18 Å². The third kappa shape index (κ3) is 2.48. The first-order valence-corrected chi connectivity index (χ1v) is 7.10. The predicted molar refractivity (Wildman–Crippen MR) is 77.0 cm³/mol. The molecular formula is C13H6ClF3N2O2S. The number of alkyl halides is 3. The quantitative estimate of drug-likeness (QED) is 0.468. The van der Waals surface area contributed by atoms with Crippen LogP contribution in [0.3, 0.4) is 0 Å². The molecule has 0 fully saturated rings. The number of hydrogen-bond acceptors (Lipinski definition) is 4. The molecule has 0 bridgehead atoms. The van der Waals surface area contributed by atoms with E-state index in [4.69, 9.17) is 11.6 Å². The van der Waals surface area contributed by atoms with Crippen LogP contribution in [0.5, 0.6) is 0 Å². The van der Waals surface area contributed by atoms with Gasteiger partial charge in [0, 0.05) is 21.9 Å². The second-order valence-electron chi connectivity index (χ2n) is 4.46. The van der Waals surface area contributed by atoms with E-state index >= 15 is 0 Å². The van der Waals surface area contributed by atoms with Crippen LogP contribution in [0, 0.1) is 10.1 Å². The number of hydrogen-bond donors (Lipinski definition) is 1. The maximum Gasteiger partial charge on any atom is 0.418 e. The Morgan fingerprint density at radius 1 is 1.18 bits per heavy atom. The van der Waals surface area contributed by atoms with Gasteiger partial charge >= 0.3 is 6.18 Å². The fourth-order valence-corrected chi connectivity index (χ4v) is 3.46. The lowest BCUT2D eigenvalue weighted by Gasteiger charge is -2.24. The molecule has 0 unspecified atom stereocenters. The van der Waals surface area contributed by atoms with Crippen LogP contribution in [0.1, 0.15) is 5.56 Å². The predicted octanol–water partition coefficient (Wildman–Crippen LogP) is 5.48. The summed E-state index contributed by atoms with van der Waals surface area (Å²) in [5.41, 5.74) is -1.55. The highest BCUT2D eigenvalue weighted by atomic mass is 35.5. The van der Waals surface area contributed by atoms with Crippen molar-refractivity contribution in [3.8, 4) is 0 Å². The number of fused-ring (bicyclic) bond motifs is 2. The minimum Gasteiger partial charge on any atom is -0.352 e. The van der Waals surface area contributed by atoms with Crippen molar-refractivity contribution in [1.82, 2.24) is 0 Å². The molecule has 1 N–H and O–H groups in total. The Bertz CT molecular complexity index is 796. The SMILES string of the molecule is O=[N+]([O-])c1cc2c(c(C(F)(F)F)c1)Nc1c(Cl)cccc1S2. The van der Waals surface area contributed by atoms with E-state index in [0.29, 0.717) is 16.6 Å². The molecule has 2 aromatic rings. The summed E-state index contributed by atoms with van der Waals surface area (Å²) in [5.74, 6) is 0. The molecule has 0 saturated heterocycles. The monoisotopic (exact) mass is 346 g/mol. The van der Waals surface area contributed by atoms with Gasteiger partial charge < -0.3 is 5.32 Å². The first kappa shape index (κ1) is 15.0. The van der Waals surface area contributed by atoms with Crippen molar-refractivity contribution in [2.75, 3.05) is 5.32 Å². The molecule has 1 aliphatic heterocycles. The number of halogens is 4. The van der Waals surface area contributed by atoms with Gasteiger partial charge in [-0.1, -0.05) is 29.4 Å². The minimum absolute atomic E-state index is 0.135. The standard InChI is InChI=1S/C13H6ClF3N2O2S/c14-8-2-1-3-9-12(8)18-11-7(13(15,16)17)4-6(19(20)21)5-10(11)22-9/h1-5,18H. The average Bonchev–Trinajstić information content (AvgIpc) is 2.43. The van der Waals surface area contributed by atoms with Gasteiger partial charge in [0.1, 0.15) is 0 Å². The molecule has 114 valence electrons. The molecule has 0 atom stereocenters. The Balaban J connectivity index is 2.22. The van der Waals surface area contributed by atoms with E-state index < -0.39 is 22.4 Å². The highest BCUT2D eigenvalue weighted by Crippen LogP contribution is 2.51. The van der Waals surface area contributed by atoms with E-state index in [1.165, 1.54) is 0 Å². The summed E-state index contributed by atoms with van der Waals surface area (Å²) in [4.78, 5) is 10.8. The van der Waals surface area contributed by atoms with Gasteiger partial charge in [-0.2, -0.15) is 13.2 Å². The van der Waals surface area contributed by atoms with Crippen LogP contribution >= 0.6 is 23.4 Å². The smallest absolute Gasteiger partial charge is 0.352 e. The van der Waals surface area contributed by atoms with Crippen molar-refractivity contribution in [2.24, 2.45) is 0 Å². The van der Waals surface area contributed by atoms with Crippen LogP contribution in [0.15, 0.2) is 40.1 Å². The number of non-ortho nitro benzene ring substituents is 1. The Kier molecular flexibility index (Phi) is 3.45. The van der Waals surface area contributed by atoms with Crippen LogP contribution in [0.25, 0.3) is 0 Å². The van der Waals surface area contributed by atoms with Gasteiger partial charge in [-0.05, 0) is 12.1 Å². The second-order valence-corrected chi connectivity index (χ2v) is 5.95. The first-order chi connectivity index (χ1) is 10.3. The minimum atomic E-state index is -4.72. The lowest BCUT2D eigenvalue weighted by atomic mass is 10.1. The number of anilines is 2. The summed E-state index contributed by atoms with van der Waals surface area (Å²) in [7, 11) is 0. The molecule has 3 rings (SSSR count). The zero-order chi connectivity index (χ0) is 16.1. The second kappa shape index (κ2) is 5.06. The normalized spacial score (nSPS) is 13.1. The van der Waals surface area contributed by atoms with Crippen molar-refractivity contribution in [2.45, 2.75) is 16.0 Å². The highest BCUT2D eigenvalue weighted by Gasteiger charge is 2.38. The molecule has 22 heavy (non-hydrogen) atoms. The largest absolute Gasteiger partial charge is 0.418 e. The number of nitro groups is 1. The van der Waals surface area contributed by atoms with Gasteiger partial charge in [0.25, 0.3) is 5.69 Å². The van der Waals surface area contributed by atoms with Gasteiger partial charge in [0.05, 0.1) is 26.9 Å². The summed E-state index contributed by atoms with van der Waals surface area (Å²) in [6.45, 7) is 0. The summed E-state index contributed by atoms with van der Waals surface area (Å²) in [6, 6.07) is 6.52. The van der Waals surface area contributed by atoms with Gasteiger partial charge in [0.2, 0.25) is 0 Å². The first-order valence-electron chi connectivity index (χ1n) is 5.90. The van der Waals surface area contributed by atoms with Crippen LogP contribution < -0.4 is 5.32 Å². The van der Waals surface area contributed by atoms with Crippen molar-refractivity contribution in [1.29, 1.82) is 0 Å². The Morgan fingerprint density at radius 2 is 1.91 bits per heavy atom. The maximum absolute atomic E-state index is 13.2. The molecule has 9 heteroatoms. The molecule has 0 radical (unpaired) electrons. The molecule has 0 saturated carbocycles. The average molecular weight is 347 g/mol. The van der Waals surface area contributed by atoms with Crippen LogP contribution in [-0.4, -0.2) is 4.92 Å². The van der Waals surface area contributed by atoms with Crippen molar-refractivity contribution < 1.29 is 18.1 Å². The summed E-state index contributed by atoms with van der Waals surface area (Å²) >= 11 is 7.00. The number of nitrogens with zero attached hydrogens (tertiary/aromatic N) is 1. The van der Waals surface area contributed by atoms with Crippen molar-refractivity contribution in [3.05, 3.63) is 51.0 Å². The molecule has 2 aromatic carbocycles. The topological polar surface area (TPSA) is 55.2 Å². The zero-order valence-electron chi connectivity index (χ0n) is 10.6. The van der Waals surface area contributed by atoms with E-state index in [1.807, 2.05) is 0 Å². The lowest BCUT2D eigenvalue weighted by Crippen LogP contribution is -2.12.